The molecular weight excluding hydrogens is 328 g/mol. The summed E-state index contributed by atoms with van der Waals surface area (Å²) in [6, 6.07) is 13.1. The van der Waals surface area contributed by atoms with Crippen molar-refractivity contribution >= 4 is 11.6 Å². The first-order valence-corrected chi connectivity index (χ1v) is 9.18. The molecule has 1 amide bonds. The summed E-state index contributed by atoms with van der Waals surface area (Å²) < 4.78 is 7.44. The topological polar surface area (TPSA) is 60.3 Å². The van der Waals surface area contributed by atoms with E-state index in [1.807, 2.05) is 51.1 Å². The van der Waals surface area contributed by atoms with Crippen molar-refractivity contribution in [2.24, 2.45) is 5.41 Å². The van der Waals surface area contributed by atoms with Crippen molar-refractivity contribution in [3.8, 4) is 0 Å². The summed E-state index contributed by atoms with van der Waals surface area (Å²) in [7, 11) is 0. The van der Waals surface area contributed by atoms with Crippen molar-refractivity contribution in [1.82, 2.24) is 4.57 Å². The minimum absolute atomic E-state index is 0.0723. The van der Waals surface area contributed by atoms with Gasteiger partial charge in [-0.15, -0.1) is 0 Å². The lowest BCUT2D eigenvalue weighted by Gasteiger charge is -2.30. The molecule has 0 atom stereocenters. The van der Waals surface area contributed by atoms with E-state index in [0.717, 1.165) is 5.56 Å². The molecule has 0 radical (unpaired) electrons. The second-order valence-corrected chi connectivity index (χ2v) is 6.46. The quantitative estimate of drug-likeness (QED) is 0.743. The predicted molar refractivity (Wildman–Crippen MR) is 104 cm³/mol. The Morgan fingerprint density at radius 1 is 1.08 bits per heavy atom. The highest BCUT2D eigenvalue weighted by Crippen LogP contribution is 2.29. The molecule has 1 N–H and O–H groups in total. The Morgan fingerprint density at radius 3 is 2.38 bits per heavy atom. The van der Waals surface area contributed by atoms with Gasteiger partial charge in [0.1, 0.15) is 0 Å². The molecule has 2 aromatic rings. The molecule has 2 rings (SSSR count). The van der Waals surface area contributed by atoms with E-state index < -0.39 is 5.41 Å². The Labute approximate surface area is 155 Å². The van der Waals surface area contributed by atoms with Gasteiger partial charge in [-0.25, -0.2) is 0 Å². The molecule has 0 unspecified atom stereocenters. The van der Waals surface area contributed by atoms with Gasteiger partial charge >= 0.3 is 0 Å². The monoisotopic (exact) mass is 356 g/mol. The van der Waals surface area contributed by atoms with Crippen LogP contribution in [0.1, 0.15) is 39.2 Å². The van der Waals surface area contributed by atoms with Crippen molar-refractivity contribution in [2.45, 2.75) is 46.8 Å². The lowest BCUT2D eigenvalue weighted by atomic mass is 9.82. The maximum atomic E-state index is 12.9. The Hall–Kier alpha value is -2.40. The van der Waals surface area contributed by atoms with Gasteiger partial charge in [0, 0.05) is 18.8 Å². The molecule has 1 aromatic carbocycles. The van der Waals surface area contributed by atoms with Crippen LogP contribution in [-0.4, -0.2) is 17.1 Å². The lowest BCUT2D eigenvalue weighted by Crippen LogP contribution is -2.39. The van der Waals surface area contributed by atoms with E-state index in [0.29, 0.717) is 38.3 Å². The van der Waals surface area contributed by atoms with E-state index in [9.17, 15) is 9.59 Å². The van der Waals surface area contributed by atoms with Crippen LogP contribution >= 0.6 is 0 Å². The van der Waals surface area contributed by atoms with Crippen molar-refractivity contribution in [3.63, 3.8) is 0 Å². The summed E-state index contributed by atoms with van der Waals surface area (Å²) in [4.78, 5) is 24.6. The number of nitrogens with zero attached hydrogens (tertiary/aromatic N) is 1. The van der Waals surface area contributed by atoms with Gasteiger partial charge in [0.25, 0.3) is 5.56 Å². The Kier molecular flexibility index (Phi) is 7.16. The minimum Gasteiger partial charge on any atom is -0.376 e. The largest absolute Gasteiger partial charge is 0.376 e. The summed E-state index contributed by atoms with van der Waals surface area (Å²) in [6.45, 7) is 7.30. The van der Waals surface area contributed by atoms with Crippen molar-refractivity contribution in [3.05, 3.63) is 64.6 Å². The number of rotatable bonds is 9. The molecule has 0 bridgehead atoms. The number of ether oxygens (including phenoxy) is 1. The highest BCUT2D eigenvalue weighted by atomic mass is 16.5. The van der Waals surface area contributed by atoms with E-state index in [1.54, 1.807) is 16.8 Å². The summed E-state index contributed by atoms with van der Waals surface area (Å²) in [6.07, 6.45) is 3.04. The van der Waals surface area contributed by atoms with Crippen LogP contribution in [0.4, 0.5) is 5.69 Å². The van der Waals surface area contributed by atoms with Crippen LogP contribution in [-0.2, 0) is 22.7 Å². The Balaban J connectivity index is 2.06. The summed E-state index contributed by atoms with van der Waals surface area (Å²) in [5.41, 5.74) is 1.05. The van der Waals surface area contributed by atoms with Crippen LogP contribution in [0.15, 0.2) is 53.5 Å². The average Bonchev–Trinajstić information content (AvgIpc) is 2.67. The number of amides is 1. The number of carbonyl (C=O) groups excluding carboxylic acids is 1. The second-order valence-electron chi connectivity index (χ2n) is 6.46. The first kappa shape index (κ1) is 19.9. The lowest BCUT2D eigenvalue weighted by molar-refractivity contribution is -0.130. The number of aryl methyl sites for hydroxylation is 1. The van der Waals surface area contributed by atoms with E-state index in [1.165, 1.54) is 6.07 Å². The highest BCUT2D eigenvalue weighted by molar-refractivity contribution is 5.95. The van der Waals surface area contributed by atoms with Crippen molar-refractivity contribution < 1.29 is 9.53 Å². The van der Waals surface area contributed by atoms with Crippen LogP contribution in [0.3, 0.4) is 0 Å². The maximum Gasteiger partial charge on any atom is 0.250 e. The van der Waals surface area contributed by atoms with E-state index in [2.05, 4.69) is 5.32 Å². The molecular formula is C21H28N2O3. The molecule has 26 heavy (non-hydrogen) atoms. The van der Waals surface area contributed by atoms with E-state index in [-0.39, 0.29) is 11.5 Å². The molecule has 0 fully saturated rings. The number of nitrogens with one attached hydrogen (secondary N) is 1. The Bertz CT molecular complexity index is 764. The smallest absolute Gasteiger partial charge is 0.250 e. The molecule has 0 aliphatic carbocycles. The molecule has 1 aromatic heterocycles. The molecule has 0 saturated carbocycles. The standard InChI is InChI=1S/C21H28N2O3/c1-4-21(5-2,16-26-15-17-10-8-7-9-11-17)20(25)22-18-12-13-19(24)23(6-3)14-18/h7-14H,4-6,15-16H2,1-3H3,(H,22,25). The fourth-order valence-electron chi connectivity index (χ4n) is 2.90. The average molecular weight is 356 g/mol. The third kappa shape index (κ3) is 4.82. The number of pyridine rings is 1. The number of carbonyl (C=O) groups is 1. The summed E-state index contributed by atoms with van der Waals surface area (Å²) in [5.74, 6) is -0.0723. The second kappa shape index (κ2) is 9.34. The number of anilines is 1. The molecule has 5 nitrogen and oxygen atoms in total. The zero-order valence-electron chi connectivity index (χ0n) is 15.8. The zero-order chi connectivity index (χ0) is 19.0. The molecule has 0 saturated heterocycles. The fourth-order valence-corrected chi connectivity index (χ4v) is 2.90. The van der Waals surface area contributed by atoms with Crippen LogP contribution in [0.5, 0.6) is 0 Å². The zero-order valence-corrected chi connectivity index (χ0v) is 15.8. The maximum absolute atomic E-state index is 12.9. The van der Waals surface area contributed by atoms with Gasteiger partial charge in [-0.2, -0.15) is 0 Å². The summed E-state index contributed by atoms with van der Waals surface area (Å²) >= 11 is 0. The van der Waals surface area contributed by atoms with E-state index >= 15 is 0 Å². The van der Waals surface area contributed by atoms with Gasteiger partial charge in [-0.05, 0) is 31.4 Å². The van der Waals surface area contributed by atoms with Crippen LogP contribution < -0.4 is 10.9 Å². The number of benzene rings is 1. The molecule has 1 heterocycles. The van der Waals surface area contributed by atoms with Gasteiger partial charge < -0.3 is 14.6 Å². The highest BCUT2D eigenvalue weighted by Gasteiger charge is 2.35. The van der Waals surface area contributed by atoms with Gasteiger partial charge in [0.05, 0.1) is 24.3 Å². The molecule has 140 valence electrons. The van der Waals surface area contributed by atoms with Crippen molar-refractivity contribution in [1.29, 1.82) is 0 Å². The van der Waals surface area contributed by atoms with Gasteiger partial charge in [-0.3, -0.25) is 9.59 Å². The molecule has 5 heteroatoms. The predicted octanol–water partition coefficient (Wildman–Crippen LogP) is 3.83. The number of hydrogen-bond donors (Lipinski definition) is 1. The normalized spacial score (nSPS) is 11.3. The first-order valence-electron chi connectivity index (χ1n) is 9.18. The number of aromatic nitrogens is 1. The number of hydrogen-bond acceptors (Lipinski definition) is 3. The Morgan fingerprint density at radius 2 is 1.77 bits per heavy atom. The fraction of sp³-hybridized carbons (Fsp3) is 0.429. The SMILES string of the molecule is CCn1cc(NC(=O)C(CC)(CC)COCc2ccccc2)ccc1=O. The summed E-state index contributed by atoms with van der Waals surface area (Å²) in [5, 5.41) is 2.96. The van der Waals surface area contributed by atoms with Gasteiger partial charge in [0.15, 0.2) is 0 Å². The molecule has 0 aliphatic heterocycles. The van der Waals surface area contributed by atoms with Crippen molar-refractivity contribution in [2.75, 3.05) is 11.9 Å². The third-order valence-electron chi connectivity index (χ3n) is 4.91. The van der Waals surface area contributed by atoms with Crippen LogP contribution in [0, 0.1) is 5.41 Å². The third-order valence-corrected chi connectivity index (χ3v) is 4.91. The minimum atomic E-state index is -0.595. The van der Waals surface area contributed by atoms with Gasteiger partial charge in [0.2, 0.25) is 5.91 Å². The first-order chi connectivity index (χ1) is 12.5. The molecule has 0 aliphatic rings. The van der Waals surface area contributed by atoms with E-state index in [4.69, 9.17) is 4.74 Å². The van der Waals surface area contributed by atoms with Crippen LogP contribution in [0.2, 0.25) is 0 Å². The van der Waals surface area contributed by atoms with Crippen LogP contribution in [0.25, 0.3) is 0 Å². The molecule has 0 spiro atoms. The van der Waals surface area contributed by atoms with Gasteiger partial charge in [-0.1, -0.05) is 44.2 Å².